The van der Waals surface area contributed by atoms with E-state index in [1.807, 2.05) is 44.2 Å². The molecule has 138 valence electrons. The van der Waals surface area contributed by atoms with Crippen molar-refractivity contribution in [2.75, 3.05) is 50.1 Å². The highest BCUT2D eigenvalue weighted by molar-refractivity contribution is 5.95. The van der Waals surface area contributed by atoms with Gasteiger partial charge in [-0.2, -0.15) is 0 Å². The molecular weight excluding hydrogens is 326 g/mol. The van der Waals surface area contributed by atoms with Crippen LogP contribution in [0.2, 0.25) is 0 Å². The van der Waals surface area contributed by atoms with Crippen molar-refractivity contribution in [2.45, 2.75) is 13.8 Å². The number of rotatable bonds is 5. The number of carbonyl (C=O) groups excluding carboxylic acids is 1. The third-order valence-corrected chi connectivity index (χ3v) is 4.70. The van der Waals surface area contributed by atoms with E-state index < -0.39 is 0 Å². The van der Waals surface area contributed by atoms with Gasteiger partial charge in [0.25, 0.3) is 5.91 Å². The molecule has 0 bridgehead atoms. The maximum absolute atomic E-state index is 12.4. The molecule has 1 fully saturated rings. The maximum atomic E-state index is 12.4. The van der Waals surface area contributed by atoms with Crippen LogP contribution in [-0.2, 0) is 4.79 Å². The first-order chi connectivity index (χ1) is 12.5. The topological polar surface area (TPSA) is 46.0 Å². The second-order valence-corrected chi connectivity index (χ2v) is 7.12. The van der Waals surface area contributed by atoms with Crippen LogP contribution in [0.15, 0.2) is 42.5 Å². The highest BCUT2D eigenvalue weighted by atomic mass is 16.5. The Morgan fingerprint density at radius 1 is 1.12 bits per heavy atom. The number of nitrogens with zero attached hydrogens (tertiary/aromatic N) is 1. The molecule has 0 aromatic heterocycles. The molecule has 0 atom stereocenters. The molecule has 0 unspecified atom stereocenters. The summed E-state index contributed by atoms with van der Waals surface area (Å²) in [6.45, 7) is 8.26. The van der Waals surface area contributed by atoms with Crippen molar-refractivity contribution in [3.05, 3.63) is 53.6 Å². The molecule has 1 aliphatic heterocycles. The van der Waals surface area contributed by atoms with Crippen molar-refractivity contribution in [2.24, 2.45) is 0 Å². The number of carbonyl (C=O) groups is 1. The van der Waals surface area contributed by atoms with Gasteiger partial charge in [-0.15, -0.1) is 0 Å². The highest BCUT2D eigenvalue weighted by Crippen LogP contribution is 2.25. The van der Waals surface area contributed by atoms with Crippen LogP contribution >= 0.6 is 0 Å². The van der Waals surface area contributed by atoms with Crippen LogP contribution in [0.5, 0.6) is 5.75 Å². The Kier molecular flexibility index (Phi) is 5.78. The van der Waals surface area contributed by atoms with Crippen molar-refractivity contribution < 1.29 is 14.4 Å². The van der Waals surface area contributed by atoms with Gasteiger partial charge in [0.05, 0.1) is 44.6 Å². The van der Waals surface area contributed by atoms with Crippen LogP contribution in [0.25, 0.3) is 0 Å². The van der Waals surface area contributed by atoms with E-state index in [1.165, 1.54) is 0 Å². The minimum absolute atomic E-state index is 0.00408. The lowest BCUT2D eigenvalue weighted by molar-refractivity contribution is -0.880. The number of para-hydroxylation sites is 2. The first-order valence-corrected chi connectivity index (χ1v) is 9.17. The number of piperazine rings is 1. The summed E-state index contributed by atoms with van der Waals surface area (Å²) in [5.41, 5.74) is 4.19. The third kappa shape index (κ3) is 4.76. The van der Waals surface area contributed by atoms with Crippen LogP contribution < -0.4 is 19.9 Å². The second kappa shape index (κ2) is 8.23. The van der Waals surface area contributed by atoms with E-state index >= 15 is 0 Å². The third-order valence-electron chi connectivity index (χ3n) is 4.70. The van der Waals surface area contributed by atoms with E-state index in [1.54, 1.807) is 4.90 Å². The lowest BCUT2D eigenvalue weighted by Crippen LogP contribution is -3.12. The van der Waals surface area contributed by atoms with Gasteiger partial charge >= 0.3 is 0 Å². The standard InChI is InChI=1S/C21H27N3O2/c1-16-12-17(2)14-18(13-16)26-15-21(25)22-19-6-4-5-7-20(19)24-10-8-23(3)9-11-24/h4-7,12-14H,8-11,15H2,1-3H3,(H,22,25)/p+1. The van der Waals surface area contributed by atoms with Gasteiger partial charge in [-0.05, 0) is 49.2 Å². The summed E-state index contributed by atoms with van der Waals surface area (Å²) in [6, 6.07) is 14.0. The van der Waals surface area contributed by atoms with Gasteiger partial charge in [-0.3, -0.25) is 4.79 Å². The molecule has 0 spiro atoms. The van der Waals surface area contributed by atoms with Crippen LogP contribution in [-0.4, -0.2) is 45.7 Å². The number of amides is 1. The Balaban J connectivity index is 1.62. The first kappa shape index (κ1) is 18.3. The van der Waals surface area contributed by atoms with Crippen molar-refractivity contribution in [3.63, 3.8) is 0 Å². The molecule has 1 heterocycles. The number of likely N-dealkylation sites (N-methyl/N-ethyl adjacent to an activating group) is 1. The predicted molar refractivity (Wildman–Crippen MR) is 105 cm³/mol. The number of nitrogens with one attached hydrogen (secondary N) is 2. The zero-order chi connectivity index (χ0) is 18.5. The molecule has 0 aliphatic carbocycles. The average molecular weight is 354 g/mol. The summed E-state index contributed by atoms with van der Waals surface area (Å²) in [7, 11) is 2.22. The van der Waals surface area contributed by atoms with Crippen LogP contribution in [0.1, 0.15) is 11.1 Å². The highest BCUT2D eigenvalue weighted by Gasteiger charge is 2.19. The van der Waals surface area contributed by atoms with Gasteiger partial charge in [0.1, 0.15) is 5.75 Å². The van der Waals surface area contributed by atoms with E-state index in [2.05, 4.69) is 29.4 Å². The number of hydrogen-bond acceptors (Lipinski definition) is 3. The largest absolute Gasteiger partial charge is 0.484 e. The van der Waals surface area contributed by atoms with E-state index in [0.29, 0.717) is 0 Å². The lowest BCUT2D eigenvalue weighted by Gasteiger charge is -2.33. The van der Waals surface area contributed by atoms with E-state index in [0.717, 1.165) is 54.4 Å². The zero-order valence-corrected chi connectivity index (χ0v) is 15.8. The van der Waals surface area contributed by atoms with Crippen molar-refractivity contribution >= 4 is 17.3 Å². The molecular formula is C21H28N3O2+. The van der Waals surface area contributed by atoms with Crippen LogP contribution in [0.4, 0.5) is 11.4 Å². The van der Waals surface area contributed by atoms with Gasteiger partial charge in [0, 0.05) is 0 Å². The van der Waals surface area contributed by atoms with Crippen molar-refractivity contribution in [3.8, 4) is 5.75 Å². The second-order valence-electron chi connectivity index (χ2n) is 7.12. The van der Waals surface area contributed by atoms with E-state index in [9.17, 15) is 4.79 Å². The lowest BCUT2D eigenvalue weighted by atomic mass is 10.1. The SMILES string of the molecule is Cc1cc(C)cc(OCC(=O)Nc2ccccc2N2CC[NH+](C)CC2)c1. The molecule has 0 radical (unpaired) electrons. The van der Waals surface area contributed by atoms with E-state index in [4.69, 9.17) is 4.74 Å². The Morgan fingerprint density at radius 2 is 1.77 bits per heavy atom. The molecule has 5 nitrogen and oxygen atoms in total. The monoisotopic (exact) mass is 354 g/mol. The summed E-state index contributed by atoms with van der Waals surface area (Å²) in [5, 5.41) is 3.01. The van der Waals surface area contributed by atoms with Crippen LogP contribution in [0, 0.1) is 13.8 Å². The number of benzene rings is 2. The van der Waals surface area contributed by atoms with E-state index in [-0.39, 0.29) is 12.5 Å². The molecule has 2 N–H and O–H groups in total. The number of hydrogen-bond donors (Lipinski definition) is 2. The van der Waals surface area contributed by atoms with Gasteiger partial charge in [-0.25, -0.2) is 0 Å². The fourth-order valence-electron chi connectivity index (χ4n) is 3.34. The summed E-state index contributed by atoms with van der Waals surface area (Å²) >= 11 is 0. The number of anilines is 2. The summed E-state index contributed by atoms with van der Waals surface area (Å²) < 4.78 is 5.67. The van der Waals surface area contributed by atoms with Gasteiger partial charge in [0.2, 0.25) is 0 Å². The average Bonchev–Trinajstić information content (AvgIpc) is 2.61. The molecule has 2 aromatic rings. The van der Waals surface area contributed by atoms with Crippen molar-refractivity contribution in [1.29, 1.82) is 0 Å². The first-order valence-electron chi connectivity index (χ1n) is 9.17. The summed E-state index contributed by atoms with van der Waals surface area (Å²) in [6.07, 6.45) is 0. The summed E-state index contributed by atoms with van der Waals surface area (Å²) in [4.78, 5) is 16.3. The molecule has 0 saturated carbocycles. The molecule has 26 heavy (non-hydrogen) atoms. The summed E-state index contributed by atoms with van der Waals surface area (Å²) in [5.74, 6) is 0.587. The van der Waals surface area contributed by atoms with Gasteiger partial charge < -0.3 is 19.9 Å². The Hall–Kier alpha value is -2.53. The van der Waals surface area contributed by atoms with Crippen LogP contribution in [0.3, 0.4) is 0 Å². The van der Waals surface area contributed by atoms with Gasteiger partial charge in [-0.1, -0.05) is 18.2 Å². The zero-order valence-electron chi connectivity index (χ0n) is 15.8. The normalized spacial score (nSPS) is 15.0. The molecule has 5 heteroatoms. The Bertz CT molecular complexity index is 747. The number of quaternary nitrogens is 1. The molecule has 1 aliphatic rings. The fraction of sp³-hybridized carbons (Fsp3) is 0.381. The smallest absolute Gasteiger partial charge is 0.262 e. The molecule has 2 aromatic carbocycles. The number of aryl methyl sites for hydroxylation is 2. The Morgan fingerprint density at radius 3 is 2.46 bits per heavy atom. The molecule has 3 rings (SSSR count). The minimum Gasteiger partial charge on any atom is -0.484 e. The minimum atomic E-state index is -0.142. The fourth-order valence-corrected chi connectivity index (χ4v) is 3.34. The Labute approximate surface area is 155 Å². The molecule has 1 amide bonds. The van der Waals surface area contributed by atoms with Crippen molar-refractivity contribution in [1.82, 2.24) is 0 Å². The number of ether oxygens (including phenoxy) is 1. The predicted octanol–water partition coefficient (Wildman–Crippen LogP) is 1.66. The van der Waals surface area contributed by atoms with Gasteiger partial charge in [0.15, 0.2) is 6.61 Å². The quantitative estimate of drug-likeness (QED) is 0.858. The molecule has 1 saturated heterocycles. The maximum Gasteiger partial charge on any atom is 0.262 e.